The fourth-order valence-electron chi connectivity index (χ4n) is 9.18. The number of rotatable bonds is 6. The van der Waals surface area contributed by atoms with E-state index in [0.29, 0.717) is 5.84 Å². The van der Waals surface area contributed by atoms with E-state index in [1.807, 2.05) is 48.5 Å². The number of hydrogen-bond donors (Lipinski definition) is 1. The van der Waals surface area contributed by atoms with Crippen molar-refractivity contribution in [1.82, 2.24) is 5.32 Å². The van der Waals surface area contributed by atoms with Crippen molar-refractivity contribution in [3.05, 3.63) is 229 Å². The highest BCUT2D eigenvalue weighted by atomic mass is 16.3. The lowest BCUT2D eigenvalue weighted by Crippen LogP contribution is -2.33. The summed E-state index contributed by atoms with van der Waals surface area (Å²) >= 11 is 0. The SMILES string of the molecule is c1ccc(C2=NC(c3cc(-c4cccc(-c5cccc(-c6ccc7c8ccccc8c8ccccc8c7c6)c5)c4)cc4oc5ccccc5c34)NC(c3ccccc3)=N2)cc1. The molecule has 2 heterocycles. The number of furan rings is 1. The second-order valence-corrected chi connectivity index (χ2v) is 15.7. The molecule has 4 nitrogen and oxygen atoms in total. The first-order chi connectivity index (χ1) is 30.2. The molecule has 1 atom stereocenters. The van der Waals surface area contributed by atoms with Gasteiger partial charge in [-0.25, -0.2) is 9.98 Å². The second-order valence-electron chi connectivity index (χ2n) is 15.7. The van der Waals surface area contributed by atoms with Gasteiger partial charge in [-0.15, -0.1) is 0 Å². The molecule has 0 bridgehead atoms. The molecule has 0 aliphatic carbocycles. The molecule has 0 saturated heterocycles. The van der Waals surface area contributed by atoms with E-state index in [2.05, 4.69) is 169 Å². The molecule has 1 aromatic heterocycles. The average Bonchev–Trinajstić information content (AvgIpc) is 3.73. The number of benzene rings is 10. The monoisotopic (exact) mass is 779 g/mol. The van der Waals surface area contributed by atoms with Gasteiger partial charge in [-0.2, -0.15) is 0 Å². The third-order valence-electron chi connectivity index (χ3n) is 12.1. The van der Waals surface area contributed by atoms with Gasteiger partial charge >= 0.3 is 0 Å². The Morgan fingerprint density at radius 2 is 0.836 bits per heavy atom. The molecule has 10 aromatic carbocycles. The van der Waals surface area contributed by atoms with Crippen molar-refractivity contribution in [3.63, 3.8) is 0 Å². The molecular weight excluding hydrogens is 743 g/mol. The number of fused-ring (bicyclic) bond motifs is 9. The molecular formula is C57H37N3O. The van der Waals surface area contributed by atoms with Gasteiger partial charge in [0.1, 0.15) is 23.2 Å². The number of hydrogen-bond acceptors (Lipinski definition) is 4. The Bertz CT molecular complexity index is 3530. The molecule has 1 unspecified atom stereocenters. The number of aliphatic imine (C=N–C) groups is 2. The zero-order valence-corrected chi connectivity index (χ0v) is 33.1. The Labute approximate surface area is 352 Å². The molecule has 0 fully saturated rings. The van der Waals surface area contributed by atoms with Crippen molar-refractivity contribution in [2.75, 3.05) is 0 Å². The topological polar surface area (TPSA) is 49.9 Å². The van der Waals surface area contributed by atoms with E-state index in [4.69, 9.17) is 14.4 Å². The van der Waals surface area contributed by atoms with Gasteiger partial charge in [0.25, 0.3) is 0 Å². The first-order valence-corrected chi connectivity index (χ1v) is 20.8. The molecule has 11 aromatic rings. The summed E-state index contributed by atoms with van der Waals surface area (Å²) < 4.78 is 6.62. The highest BCUT2D eigenvalue weighted by Crippen LogP contribution is 2.41. The van der Waals surface area contributed by atoms with Crippen LogP contribution in [0.4, 0.5) is 0 Å². The Kier molecular flexibility index (Phi) is 8.20. The summed E-state index contributed by atoms with van der Waals surface area (Å²) in [6.07, 6.45) is -0.428. The molecule has 4 heteroatoms. The van der Waals surface area contributed by atoms with E-state index < -0.39 is 6.17 Å². The first-order valence-electron chi connectivity index (χ1n) is 20.8. The van der Waals surface area contributed by atoms with Crippen molar-refractivity contribution < 1.29 is 4.42 Å². The van der Waals surface area contributed by atoms with E-state index in [0.717, 1.165) is 66.7 Å². The maximum Gasteiger partial charge on any atom is 0.159 e. The number of amidine groups is 2. The molecule has 1 aliphatic heterocycles. The van der Waals surface area contributed by atoms with Crippen LogP contribution in [0, 0.1) is 0 Å². The van der Waals surface area contributed by atoms with Crippen molar-refractivity contribution in [2.45, 2.75) is 6.17 Å². The minimum absolute atomic E-state index is 0.428. The van der Waals surface area contributed by atoms with Crippen LogP contribution in [-0.4, -0.2) is 11.7 Å². The van der Waals surface area contributed by atoms with Gasteiger partial charge in [0.2, 0.25) is 0 Å². The van der Waals surface area contributed by atoms with Crippen LogP contribution in [0.25, 0.3) is 87.6 Å². The predicted molar refractivity (Wildman–Crippen MR) is 254 cm³/mol. The van der Waals surface area contributed by atoms with Gasteiger partial charge in [-0.3, -0.25) is 0 Å². The Morgan fingerprint density at radius 3 is 1.48 bits per heavy atom. The van der Waals surface area contributed by atoms with Crippen LogP contribution < -0.4 is 5.32 Å². The van der Waals surface area contributed by atoms with Crippen molar-refractivity contribution in [2.24, 2.45) is 9.98 Å². The van der Waals surface area contributed by atoms with Crippen LogP contribution >= 0.6 is 0 Å². The standard InChI is InChI=1S/C57H37N3O/c1-3-15-36(16-4-1)55-58-56(37-17-5-2-6-18-37)60-57(59-55)51-34-43(35-53-54(51)49-27-11-12-28-52(49)61-53)41-22-14-20-39(32-41)38-19-13-21-40(31-38)42-29-30-48-46-25-8-7-23-44(46)45-24-9-10-26-47(45)50(48)33-42/h1-35,57H,(H,58,59,60). The lowest BCUT2D eigenvalue weighted by Gasteiger charge is -2.24. The lowest BCUT2D eigenvalue weighted by atomic mass is 9.91. The van der Waals surface area contributed by atoms with Gasteiger partial charge in [0, 0.05) is 27.5 Å². The molecule has 0 radical (unpaired) electrons. The minimum atomic E-state index is -0.428. The molecule has 12 rings (SSSR count). The summed E-state index contributed by atoms with van der Waals surface area (Å²) in [5, 5.41) is 13.5. The molecule has 0 spiro atoms. The fraction of sp³-hybridized carbons (Fsp3) is 0.0175. The van der Waals surface area contributed by atoms with Gasteiger partial charge < -0.3 is 9.73 Å². The van der Waals surface area contributed by atoms with Crippen molar-refractivity contribution in [1.29, 1.82) is 0 Å². The number of para-hydroxylation sites is 1. The molecule has 1 aliphatic rings. The third-order valence-corrected chi connectivity index (χ3v) is 12.1. The predicted octanol–water partition coefficient (Wildman–Crippen LogP) is 14.5. The first kappa shape index (κ1) is 34.9. The Morgan fingerprint density at radius 1 is 0.344 bits per heavy atom. The van der Waals surface area contributed by atoms with Crippen LogP contribution in [0.15, 0.2) is 227 Å². The summed E-state index contributed by atoms with van der Waals surface area (Å²) in [5.41, 5.74) is 11.5. The zero-order valence-electron chi connectivity index (χ0n) is 33.1. The summed E-state index contributed by atoms with van der Waals surface area (Å²) in [5.74, 6) is 1.46. The van der Waals surface area contributed by atoms with E-state index >= 15 is 0 Å². The van der Waals surface area contributed by atoms with Crippen LogP contribution in [0.5, 0.6) is 0 Å². The van der Waals surface area contributed by atoms with Crippen LogP contribution in [0.3, 0.4) is 0 Å². The summed E-state index contributed by atoms with van der Waals surface area (Å²) in [6, 6.07) is 75.4. The van der Waals surface area contributed by atoms with Gasteiger partial charge in [0.15, 0.2) is 5.84 Å². The van der Waals surface area contributed by atoms with E-state index in [9.17, 15) is 0 Å². The molecule has 0 amide bonds. The average molecular weight is 780 g/mol. The van der Waals surface area contributed by atoms with E-state index in [-0.39, 0.29) is 0 Å². The van der Waals surface area contributed by atoms with E-state index in [1.165, 1.54) is 43.4 Å². The maximum atomic E-state index is 6.62. The summed E-state index contributed by atoms with van der Waals surface area (Å²) in [7, 11) is 0. The van der Waals surface area contributed by atoms with Crippen LogP contribution in [-0.2, 0) is 0 Å². The Balaban J connectivity index is 0.970. The van der Waals surface area contributed by atoms with Crippen LogP contribution in [0.2, 0.25) is 0 Å². The molecule has 0 saturated carbocycles. The summed E-state index contributed by atoms with van der Waals surface area (Å²) in [6.45, 7) is 0. The highest BCUT2D eigenvalue weighted by molar-refractivity contribution is 6.25. The third kappa shape index (κ3) is 6.08. The van der Waals surface area contributed by atoms with Crippen LogP contribution in [0.1, 0.15) is 22.9 Å². The number of nitrogens with one attached hydrogen (secondary N) is 1. The normalized spacial score (nSPS) is 14.1. The smallest absolute Gasteiger partial charge is 0.159 e. The maximum absolute atomic E-state index is 6.62. The second kappa shape index (κ2) is 14.3. The van der Waals surface area contributed by atoms with Crippen molar-refractivity contribution in [3.8, 4) is 33.4 Å². The van der Waals surface area contributed by atoms with Gasteiger partial charge in [-0.05, 0) is 102 Å². The quantitative estimate of drug-likeness (QED) is 0.171. The largest absolute Gasteiger partial charge is 0.456 e. The summed E-state index contributed by atoms with van der Waals surface area (Å²) in [4.78, 5) is 10.4. The molecule has 61 heavy (non-hydrogen) atoms. The zero-order chi connectivity index (χ0) is 40.3. The van der Waals surface area contributed by atoms with Gasteiger partial charge in [-0.1, -0.05) is 176 Å². The lowest BCUT2D eigenvalue weighted by molar-refractivity contribution is 0.662. The minimum Gasteiger partial charge on any atom is -0.456 e. The molecule has 286 valence electrons. The van der Waals surface area contributed by atoms with Crippen molar-refractivity contribution >= 4 is 65.9 Å². The van der Waals surface area contributed by atoms with E-state index in [1.54, 1.807) is 0 Å². The highest BCUT2D eigenvalue weighted by Gasteiger charge is 2.26. The molecule has 1 N–H and O–H groups in total. The Hall–Kier alpha value is -8.08. The van der Waals surface area contributed by atoms with Gasteiger partial charge in [0.05, 0.1) is 0 Å². The fourth-order valence-corrected chi connectivity index (χ4v) is 9.18. The number of nitrogens with zero attached hydrogens (tertiary/aromatic N) is 2.